The number of pyridine rings is 2. The molecule has 2 atom stereocenters. The van der Waals surface area contributed by atoms with Crippen molar-refractivity contribution in [2.75, 3.05) is 12.4 Å². The van der Waals surface area contributed by atoms with Crippen LogP contribution in [0.4, 0.5) is 10.2 Å². The lowest BCUT2D eigenvalue weighted by Gasteiger charge is -2.08. The summed E-state index contributed by atoms with van der Waals surface area (Å²) in [7, 11) is 1.46. The van der Waals surface area contributed by atoms with Crippen molar-refractivity contribution in [1.29, 1.82) is 0 Å². The van der Waals surface area contributed by atoms with Crippen LogP contribution in [0.5, 0.6) is 5.88 Å². The van der Waals surface area contributed by atoms with Gasteiger partial charge in [-0.2, -0.15) is 0 Å². The van der Waals surface area contributed by atoms with Crippen molar-refractivity contribution in [3.05, 3.63) is 36.7 Å². The molecule has 128 valence electrons. The van der Waals surface area contributed by atoms with E-state index in [9.17, 15) is 9.18 Å². The maximum atomic E-state index is 13.1. The van der Waals surface area contributed by atoms with E-state index >= 15 is 0 Å². The van der Waals surface area contributed by atoms with Crippen LogP contribution < -0.4 is 10.1 Å². The Labute approximate surface area is 147 Å². The molecule has 1 saturated carbocycles. The third kappa shape index (κ3) is 2.71. The number of hydrogen-bond donors (Lipinski definition) is 1. The smallest absolute Gasteiger partial charge is 0.231 e. The minimum Gasteiger partial charge on any atom is -0.481 e. The van der Waals surface area contributed by atoms with Crippen LogP contribution in [0.25, 0.3) is 22.2 Å². The molecule has 1 fully saturated rings. The van der Waals surface area contributed by atoms with Crippen molar-refractivity contribution in [1.82, 2.24) is 14.5 Å². The van der Waals surface area contributed by atoms with E-state index in [1.807, 2.05) is 0 Å². The number of carbonyl (C=O) groups excluding carboxylic acids is 1. The average Bonchev–Trinajstić information content (AvgIpc) is 3.25. The van der Waals surface area contributed by atoms with Gasteiger partial charge in [0, 0.05) is 22.7 Å². The fourth-order valence-corrected chi connectivity index (χ4v) is 2.78. The van der Waals surface area contributed by atoms with Crippen molar-refractivity contribution in [2.45, 2.75) is 12.6 Å². The SMILES string of the molecule is [2H]C([2H])([2H])n1c(-c2cccnc2OC)cc2cc(NC(=O)C3CC3F)ncc21. The molecule has 0 bridgehead atoms. The van der Waals surface area contributed by atoms with Gasteiger partial charge in [0.05, 0.1) is 36.0 Å². The molecule has 1 N–H and O–H groups in total. The van der Waals surface area contributed by atoms with Gasteiger partial charge in [-0.15, -0.1) is 0 Å². The van der Waals surface area contributed by atoms with Crippen LogP contribution in [0.3, 0.4) is 0 Å². The molecule has 1 aliphatic carbocycles. The number of rotatable bonds is 4. The summed E-state index contributed by atoms with van der Waals surface area (Å²) in [4.78, 5) is 20.2. The van der Waals surface area contributed by atoms with Gasteiger partial charge in [-0.05, 0) is 30.7 Å². The molecule has 0 radical (unpaired) electrons. The van der Waals surface area contributed by atoms with Crippen LogP contribution in [0.15, 0.2) is 36.7 Å². The number of fused-ring (bicyclic) bond motifs is 1. The Hall–Kier alpha value is -2.96. The zero-order valence-corrected chi connectivity index (χ0v) is 13.4. The van der Waals surface area contributed by atoms with E-state index in [0.717, 1.165) is 0 Å². The Morgan fingerprint density at radius 1 is 1.48 bits per heavy atom. The number of anilines is 1. The molecule has 2 unspecified atom stereocenters. The second-order valence-corrected chi connectivity index (χ2v) is 5.90. The Kier molecular flexibility index (Phi) is 2.90. The van der Waals surface area contributed by atoms with Gasteiger partial charge < -0.3 is 14.6 Å². The Bertz CT molecular complexity index is 1070. The topological polar surface area (TPSA) is 69.0 Å². The number of alkyl halides is 1. The monoisotopic (exact) mass is 343 g/mol. The third-order valence-corrected chi connectivity index (χ3v) is 4.23. The molecule has 0 aromatic carbocycles. The van der Waals surface area contributed by atoms with Gasteiger partial charge in [-0.3, -0.25) is 4.79 Å². The number of aryl methyl sites for hydroxylation is 1. The first kappa shape index (κ1) is 12.4. The number of amides is 1. The van der Waals surface area contributed by atoms with Crippen molar-refractivity contribution in [3.63, 3.8) is 0 Å². The molecule has 0 spiro atoms. The van der Waals surface area contributed by atoms with Gasteiger partial charge >= 0.3 is 0 Å². The summed E-state index contributed by atoms with van der Waals surface area (Å²) in [5.41, 5.74) is 1.27. The van der Waals surface area contributed by atoms with Crippen molar-refractivity contribution in [2.24, 2.45) is 12.9 Å². The van der Waals surface area contributed by atoms with Crippen molar-refractivity contribution in [3.8, 4) is 17.1 Å². The first-order valence-electron chi connectivity index (χ1n) is 9.26. The molecule has 7 heteroatoms. The second-order valence-electron chi connectivity index (χ2n) is 5.90. The first-order valence-corrected chi connectivity index (χ1v) is 7.76. The minimum absolute atomic E-state index is 0.217. The largest absolute Gasteiger partial charge is 0.481 e. The Balaban J connectivity index is 1.82. The van der Waals surface area contributed by atoms with E-state index in [4.69, 9.17) is 8.85 Å². The number of ether oxygens (including phenoxy) is 1. The summed E-state index contributed by atoms with van der Waals surface area (Å²) in [5.74, 6) is -0.535. The number of hydrogen-bond acceptors (Lipinski definition) is 4. The maximum Gasteiger partial charge on any atom is 0.231 e. The number of halogens is 1. The fraction of sp³-hybridized carbons (Fsp3) is 0.278. The van der Waals surface area contributed by atoms with Gasteiger partial charge in [0.15, 0.2) is 0 Å². The molecule has 0 saturated heterocycles. The Morgan fingerprint density at radius 2 is 2.32 bits per heavy atom. The molecule has 0 aliphatic heterocycles. The predicted molar refractivity (Wildman–Crippen MR) is 92.1 cm³/mol. The highest BCUT2D eigenvalue weighted by molar-refractivity contribution is 5.96. The number of aromatic nitrogens is 3. The van der Waals surface area contributed by atoms with Gasteiger partial charge in [0.25, 0.3) is 0 Å². The second kappa shape index (κ2) is 5.84. The summed E-state index contributed by atoms with van der Waals surface area (Å²) in [6.45, 7) is -2.47. The molecule has 4 rings (SSSR count). The Morgan fingerprint density at radius 3 is 3.04 bits per heavy atom. The van der Waals surface area contributed by atoms with Gasteiger partial charge in [0.2, 0.25) is 11.8 Å². The molecular weight excluding hydrogens is 323 g/mol. The van der Waals surface area contributed by atoms with E-state index < -0.39 is 25.0 Å². The molecule has 3 heterocycles. The standard InChI is InChI=1S/C18H17FN4O2/c1-23-14(11-4-3-5-20-18(11)25-2)6-10-7-16(21-9-15(10)23)22-17(24)12-8-13(12)19/h3-7,9,12-13H,8H2,1-2H3,(H,21,22,24)/i1D3. The molecule has 3 aromatic heterocycles. The lowest BCUT2D eigenvalue weighted by atomic mass is 10.2. The molecule has 3 aromatic rings. The quantitative estimate of drug-likeness (QED) is 0.791. The van der Waals surface area contributed by atoms with Crippen LogP contribution in [0.2, 0.25) is 0 Å². The van der Waals surface area contributed by atoms with E-state index in [0.29, 0.717) is 28.0 Å². The minimum atomic E-state index is -2.47. The number of carbonyl (C=O) groups is 1. The summed E-state index contributed by atoms with van der Waals surface area (Å²) in [5, 5.41) is 3.14. The highest BCUT2D eigenvalue weighted by Gasteiger charge is 2.43. The molecule has 1 amide bonds. The highest BCUT2D eigenvalue weighted by atomic mass is 19.1. The molecule has 6 nitrogen and oxygen atoms in total. The summed E-state index contributed by atoms with van der Waals surface area (Å²) < 4.78 is 43.3. The zero-order chi connectivity index (χ0) is 20.1. The summed E-state index contributed by atoms with van der Waals surface area (Å²) >= 11 is 0. The van der Waals surface area contributed by atoms with Crippen molar-refractivity contribution >= 4 is 22.6 Å². The maximum absolute atomic E-state index is 13.1. The summed E-state index contributed by atoms with van der Waals surface area (Å²) in [6, 6.07) is 6.64. The van der Waals surface area contributed by atoms with E-state index in [1.54, 1.807) is 30.5 Å². The average molecular weight is 343 g/mol. The van der Waals surface area contributed by atoms with Crippen LogP contribution in [0.1, 0.15) is 10.5 Å². The lowest BCUT2D eigenvalue weighted by Crippen LogP contribution is -2.15. The number of methoxy groups -OCH3 is 1. The van der Waals surface area contributed by atoms with Crippen molar-refractivity contribution < 1.29 is 18.0 Å². The molecular formula is C18H17FN4O2. The van der Waals surface area contributed by atoms with Gasteiger partial charge in [-0.1, -0.05) is 0 Å². The number of nitrogens with one attached hydrogen (secondary N) is 1. The third-order valence-electron chi connectivity index (χ3n) is 4.23. The molecule has 25 heavy (non-hydrogen) atoms. The normalized spacial score (nSPS) is 21.3. The highest BCUT2D eigenvalue weighted by Crippen LogP contribution is 2.35. The predicted octanol–water partition coefficient (Wildman–Crippen LogP) is 2.94. The van der Waals surface area contributed by atoms with E-state index in [1.165, 1.54) is 17.9 Å². The number of nitrogens with zero attached hydrogens (tertiary/aromatic N) is 3. The van der Waals surface area contributed by atoms with E-state index in [2.05, 4.69) is 15.3 Å². The van der Waals surface area contributed by atoms with Crippen LogP contribution in [-0.4, -0.2) is 33.7 Å². The van der Waals surface area contributed by atoms with E-state index in [-0.39, 0.29) is 12.2 Å². The zero-order valence-electron chi connectivity index (χ0n) is 16.4. The first-order chi connectivity index (χ1) is 13.3. The van der Waals surface area contributed by atoms with Crippen LogP contribution >= 0.6 is 0 Å². The van der Waals surface area contributed by atoms with Crippen LogP contribution in [-0.2, 0) is 11.8 Å². The lowest BCUT2D eigenvalue weighted by molar-refractivity contribution is -0.117. The molecule has 1 aliphatic rings. The fourth-order valence-electron chi connectivity index (χ4n) is 2.78. The van der Waals surface area contributed by atoms with Gasteiger partial charge in [0.1, 0.15) is 12.0 Å². The van der Waals surface area contributed by atoms with Crippen LogP contribution in [0, 0.1) is 5.92 Å². The van der Waals surface area contributed by atoms with Gasteiger partial charge in [-0.25, -0.2) is 14.4 Å². The summed E-state index contributed by atoms with van der Waals surface area (Å²) in [6.07, 6.45) is 2.04.